The molecule has 2 aromatic carbocycles. The molecule has 1 N–H and O–H groups in total. The smallest absolute Gasteiger partial charge is 0.415 e. The van der Waals surface area contributed by atoms with Gasteiger partial charge in [-0.15, -0.1) is 13.2 Å². The van der Waals surface area contributed by atoms with Crippen molar-refractivity contribution in [3.63, 3.8) is 0 Å². The van der Waals surface area contributed by atoms with Crippen LogP contribution in [0.5, 0.6) is 0 Å². The Hall–Kier alpha value is -4.37. The molecule has 0 aliphatic heterocycles. The van der Waals surface area contributed by atoms with E-state index in [0.717, 1.165) is 11.1 Å². The predicted molar refractivity (Wildman–Crippen MR) is 174 cm³/mol. The number of anilines is 4. The number of benzene rings is 2. The highest BCUT2D eigenvalue weighted by atomic mass is 35.5. The molecule has 0 unspecified atom stereocenters. The van der Waals surface area contributed by atoms with E-state index in [1.807, 2.05) is 78.8 Å². The summed E-state index contributed by atoms with van der Waals surface area (Å²) in [5.74, 6) is 0.295. The molecule has 228 valence electrons. The lowest BCUT2D eigenvalue weighted by Gasteiger charge is -2.27. The molecule has 0 saturated carbocycles. The monoisotopic (exact) mass is 605 g/mol. The topological polar surface area (TPSA) is 96.9 Å². The first kappa shape index (κ1) is 33.1. The van der Waals surface area contributed by atoms with E-state index < -0.39 is 23.4 Å². The molecule has 2 amide bonds. The van der Waals surface area contributed by atoms with E-state index in [4.69, 9.17) is 26.1 Å². The van der Waals surface area contributed by atoms with E-state index in [2.05, 4.69) is 23.5 Å². The Morgan fingerprint density at radius 1 is 0.907 bits per heavy atom. The molecule has 0 bridgehead atoms. The molecular formula is C33H40ClN5O4. The molecule has 0 radical (unpaired) electrons. The van der Waals surface area contributed by atoms with Gasteiger partial charge < -0.3 is 14.8 Å². The van der Waals surface area contributed by atoms with Crippen LogP contribution in [0.3, 0.4) is 0 Å². The Bertz CT molecular complexity index is 1490. The number of halogens is 1. The zero-order chi connectivity index (χ0) is 31.9. The Morgan fingerprint density at radius 2 is 1.47 bits per heavy atom. The van der Waals surface area contributed by atoms with Crippen molar-refractivity contribution in [3.8, 4) is 11.3 Å². The van der Waals surface area contributed by atoms with Gasteiger partial charge in [0, 0.05) is 35.7 Å². The van der Waals surface area contributed by atoms with Crippen LogP contribution in [0.15, 0.2) is 74.0 Å². The quantitative estimate of drug-likeness (QED) is 0.244. The SMILES string of the molecule is C=CCN(C(=O)OC(C)(C)C)c1cccc(Nc2ncc(Cl)c(-c3cc(N(CC=C)C(=O)OC(C)(C)C)ccc3C)n2)c1. The number of carbonyl (C=O) groups excluding carboxylic acids is 2. The number of nitrogens with one attached hydrogen (secondary N) is 1. The standard InChI is InChI=1S/C33H40ClN5O4/c1-10-17-38(30(40)42-32(4,5)6)24-14-12-13-23(19-24)36-29-35-21-27(34)28(37-29)26-20-25(16-15-22(26)3)39(18-11-2)31(41)43-33(7,8)9/h10-16,19-21H,1-2,17-18H2,3-9H3,(H,35,36,37). The van der Waals surface area contributed by atoms with Crippen LogP contribution in [0.1, 0.15) is 47.1 Å². The van der Waals surface area contributed by atoms with E-state index in [1.54, 1.807) is 24.3 Å². The predicted octanol–water partition coefficient (Wildman–Crippen LogP) is 8.70. The molecule has 3 rings (SSSR count). The van der Waals surface area contributed by atoms with Gasteiger partial charge in [-0.25, -0.2) is 19.6 Å². The summed E-state index contributed by atoms with van der Waals surface area (Å²) in [5, 5.41) is 3.55. The minimum Gasteiger partial charge on any atom is -0.443 e. The van der Waals surface area contributed by atoms with Gasteiger partial charge in [0.05, 0.1) is 16.9 Å². The highest BCUT2D eigenvalue weighted by Crippen LogP contribution is 2.33. The summed E-state index contributed by atoms with van der Waals surface area (Å²) in [7, 11) is 0. The van der Waals surface area contributed by atoms with Crippen LogP contribution in [-0.4, -0.2) is 46.4 Å². The van der Waals surface area contributed by atoms with E-state index in [1.165, 1.54) is 16.0 Å². The second kappa shape index (κ2) is 13.7. The Labute approximate surface area is 259 Å². The van der Waals surface area contributed by atoms with Crippen LogP contribution in [0, 0.1) is 6.92 Å². The van der Waals surface area contributed by atoms with Crippen LogP contribution < -0.4 is 15.1 Å². The molecule has 3 aromatic rings. The average Bonchev–Trinajstić information content (AvgIpc) is 2.90. The lowest BCUT2D eigenvalue weighted by atomic mass is 10.0. The van der Waals surface area contributed by atoms with Crippen molar-refractivity contribution < 1.29 is 19.1 Å². The van der Waals surface area contributed by atoms with Crippen LogP contribution in [-0.2, 0) is 9.47 Å². The number of aryl methyl sites for hydroxylation is 1. The van der Waals surface area contributed by atoms with Gasteiger partial charge in [-0.1, -0.05) is 35.9 Å². The summed E-state index contributed by atoms with van der Waals surface area (Å²) in [5.41, 5.74) is 2.67. The summed E-state index contributed by atoms with van der Waals surface area (Å²) in [6.45, 7) is 20.9. The summed E-state index contributed by atoms with van der Waals surface area (Å²) in [4.78, 5) is 37.9. The van der Waals surface area contributed by atoms with Gasteiger partial charge >= 0.3 is 12.2 Å². The van der Waals surface area contributed by atoms with Crippen molar-refractivity contribution in [2.24, 2.45) is 0 Å². The first-order valence-corrected chi connectivity index (χ1v) is 14.2. The Morgan fingerprint density at radius 3 is 2.00 bits per heavy atom. The molecule has 0 atom stereocenters. The van der Waals surface area contributed by atoms with Gasteiger partial charge in [0.25, 0.3) is 0 Å². The van der Waals surface area contributed by atoms with Crippen molar-refractivity contribution in [2.45, 2.75) is 59.7 Å². The maximum Gasteiger partial charge on any atom is 0.415 e. The van der Waals surface area contributed by atoms with Crippen LogP contribution >= 0.6 is 11.6 Å². The number of nitrogens with zero attached hydrogens (tertiary/aromatic N) is 4. The lowest BCUT2D eigenvalue weighted by molar-refractivity contribution is 0.0573. The first-order valence-electron chi connectivity index (χ1n) is 13.9. The van der Waals surface area contributed by atoms with Crippen molar-refractivity contribution in [1.29, 1.82) is 0 Å². The maximum absolute atomic E-state index is 13.0. The molecule has 0 aliphatic carbocycles. The molecule has 10 heteroatoms. The summed E-state index contributed by atoms with van der Waals surface area (Å²) in [6, 6.07) is 12.8. The molecule has 1 heterocycles. The fourth-order valence-electron chi connectivity index (χ4n) is 3.99. The molecule has 0 saturated heterocycles. The van der Waals surface area contributed by atoms with Gasteiger partial charge in [-0.2, -0.15) is 0 Å². The minimum atomic E-state index is -0.659. The number of amides is 2. The zero-order valence-corrected chi connectivity index (χ0v) is 26.7. The van der Waals surface area contributed by atoms with Gasteiger partial charge in [0.15, 0.2) is 0 Å². The molecule has 0 fully saturated rings. The molecule has 0 spiro atoms. The highest BCUT2D eigenvalue weighted by molar-refractivity contribution is 6.33. The molecule has 0 aliphatic rings. The Kier molecular flexibility index (Phi) is 10.6. The van der Waals surface area contributed by atoms with Gasteiger partial charge in [-0.05, 0) is 84.4 Å². The number of rotatable bonds is 9. The third-order valence-corrected chi connectivity index (χ3v) is 6.07. The Balaban J connectivity index is 1.96. The second-order valence-corrected chi connectivity index (χ2v) is 12.2. The fourth-order valence-corrected chi connectivity index (χ4v) is 4.19. The molecule has 1 aromatic heterocycles. The minimum absolute atomic E-state index is 0.254. The van der Waals surface area contributed by atoms with E-state index in [-0.39, 0.29) is 13.1 Å². The second-order valence-electron chi connectivity index (χ2n) is 11.8. The number of hydrogen-bond acceptors (Lipinski definition) is 7. The number of aromatic nitrogens is 2. The van der Waals surface area contributed by atoms with Crippen LogP contribution in [0.2, 0.25) is 5.02 Å². The largest absolute Gasteiger partial charge is 0.443 e. The van der Waals surface area contributed by atoms with Gasteiger partial charge in [0.1, 0.15) is 11.2 Å². The van der Waals surface area contributed by atoms with E-state index in [0.29, 0.717) is 33.7 Å². The van der Waals surface area contributed by atoms with Crippen molar-refractivity contribution in [3.05, 3.63) is 84.6 Å². The van der Waals surface area contributed by atoms with Crippen molar-refractivity contribution in [1.82, 2.24) is 9.97 Å². The average molecular weight is 606 g/mol. The number of ether oxygens (including phenoxy) is 2. The number of hydrogen-bond donors (Lipinski definition) is 1. The molecular weight excluding hydrogens is 566 g/mol. The summed E-state index contributed by atoms with van der Waals surface area (Å²) < 4.78 is 11.2. The third-order valence-electron chi connectivity index (χ3n) is 5.80. The summed E-state index contributed by atoms with van der Waals surface area (Å²) >= 11 is 6.60. The number of carbonyl (C=O) groups is 2. The van der Waals surface area contributed by atoms with Crippen LogP contribution in [0.4, 0.5) is 32.6 Å². The fraction of sp³-hybridized carbons (Fsp3) is 0.333. The van der Waals surface area contributed by atoms with Crippen molar-refractivity contribution in [2.75, 3.05) is 28.2 Å². The molecule has 43 heavy (non-hydrogen) atoms. The van der Waals surface area contributed by atoms with E-state index in [9.17, 15) is 9.59 Å². The maximum atomic E-state index is 13.0. The van der Waals surface area contributed by atoms with Gasteiger partial charge in [0.2, 0.25) is 5.95 Å². The normalized spacial score (nSPS) is 11.3. The highest BCUT2D eigenvalue weighted by Gasteiger charge is 2.25. The van der Waals surface area contributed by atoms with Gasteiger partial charge in [-0.3, -0.25) is 9.80 Å². The first-order chi connectivity index (χ1) is 20.1. The van der Waals surface area contributed by atoms with Crippen molar-refractivity contribution >= 4 is 46.8 Å². The molecule has 9 nitrogen and oxygen atoms in total. The van der Waals surface area contributed by atoms with E-state index >= 15 is 0 Å². The van der Waals surface area contributed by atoms with Crippen LogP contribution in [0.25, 0.3) is 11.3 Å². The zero-order valence-electron chi connectivity index (χ0n) is 25.9. The third kappa shape index (κ3) is 9.31. The lowest BCUT2D eigenvalue weighted by Crippen LogP contribution is -2.37. The summed E-state index contributed by atoms with van der Waals surface area (Å²) in [6.07, 6.45) is 3.81.